The smallest absolute Gasteiger partial charge is 0.497 e. The highest BCUT2D eigenvalue weighted by Crippen LogP contribution is 2.41. The Morgan fingerprint density at radius 2 is 1.16 bits per heavy atom. The van der Waals surface area contributed by atoms with Crippen molar-refractivity contribution in [2.24, 2.45) is 0 Å². The maximum absolute atomic E-state index is 10.7. The first-order valence-corrected chi connectivity index (χ1v) is 13.9. The van der Waals surface area contributed by atoms with Crippen LogP contribution in [0, 0.1) is 0 Å². The fourth-order valence-electron chi connectivity index (χ4n) is 4.89. The van der Waals surface area contributed by atoms with Crippen molar-refractivity contribution in [1.29, 1.82) is 0 Å². The molecule has 9 heteroatoms. The lowest BCUT2D eigenvalue weighted by Gasteiger charge is -2.38. The van der Waals surface area contributed by atoms with E-state index in [2.05, 4.69) is 46.2 Å². The first-order valence-electron chi connectivity index (χ1n) is 12.8. The third-order valence-corrected chi connectivity index (χ3v) is 7.38. The first kappa shape index (κ1) is 28.2. The summed E-state index contributed by atoms with van der Waals surface area (Å²) in [6.07, 6.45) is 0. The summed E-state index contributed by atoms with van der Waals surface area (Å²) < 4.78 is 33.3. The van der Waals surface area contributed by atoms with Gasteiger partial charge in [0.1, 0.15) is 23.7 Å². The summed E-state index contributed by atoms with van der Waals surface area (Å²) in [6.45, 7) is 5.79. The van der Waals surface area contributed by atoms with Gasteiger partial charge in [-0.3, -0.25) is 9.80 Å². The zero-order valence-corrected chi connectivity index (χ0v) is 22.9. The van der Waals surface area contributed by atoms with Gasteiger partial charge in [0.05, 0.1) is 20.8 Å². The highest BCUT2D eigenvalue weighted by molar-refractivity contribution is 7.32. The van der Waals surface area contributed by atoms with Crippen LogP contribution in [0.5, 0.6) is 11.5 Å². The largest absolute Gasteiger partial charge is 0.694 e. The van der Waals surface area contributed by atoms with E-state index in [0.717, 1.165) is 60.9 Å². The minimum atomic E-state index is -2.54. The van der Waals surface area contributed by atoms with E-state index < -0.39 is 13.9 Å². The Labute approximate surface area is 225 Å². The number of ether oxygens (including phenoxy) is 3. The highest BCUT2D eigenvalue weighted by atomic mass is 31.1. The summed E-state index contributed by atoms with van der Waals surface area (Å²) in [4.78, 5) is 13.5. The zero-order valence-electron chi connectivity index (χ0n) is 22.0. The molecule has 38 heavy (non-hydrogen) atoms. The van der Waals surface area contributed by atoms with E-state index in [-0.39, 0.29) is 6.61 Å². The molecule has 3 aromatic carbocycles. The number of hydrogen-bond donors (Lipinski definition) is 1. The average molecular weight is 540 g/mol. The lowest BCUT2D eigenvalue weighted by Crippen LogP contribution is -2.48. The van der Waals surface area contributed by atoms with Crippen LogP contribution in [0.4, 0.5) is 0 Å². The molecule has 1 unspecified atom stereocenters. The van der Waals surface area contributed by atoms with Crippen molar-refractivity contribution in [3.05, 3.63) is 95.6 Å². The van der Waals surface area contributed by atoms with Gasteiger partial charge < -0.3 is 14.2 Å². The zero-order chi connectivity index (χ0) is 26.8. The molecule has 0 aromatic heterocycles. The molecule has 1 N–H and O–H groups in total. The van der Waals surface area contributed by atoms with Crippen molar-refractivity contribution in [2.75, 3.05) is 66.7 Å². The van der Waals surface area contributed by atoms with Crippen molar-refractivity contribution in [2.45, 2.75) is 5.60 Å². The van der Waals surface area contributed by atoms with Crippen LogP contribution < -0.4 is 9.47 Å². The van der Waals surface area contributed by atoms with Crippen LogP contribution >= 0.6 is 8.25 Å². The molecule has 8 nitrogen and oxygen atoms in total. The number of methoxy groups -OCH3 is 2. The van der Waals surface area contributed by atoms with Gasteiger partial charge in [0, 0.05) is 43.8 Å². The fraction of sp³-hybridized carbons (Fsp3) is 0.379. The number of benzene rings is 3. The molecule has 1 aliphatic rings. The van der Waals surface area contributed by atoms with Crippen molar-refractivity contribution >= 4 is 8.25 Å². The number of rotatable bonds is 13. The summed E-state index contributed by atoms with van der Waals surface area (Å²) in [5.41, 5.74) is 2.26. The van der Waals surface area contributed by atoms with Gasteiger partial charge >= 0.3 is 8.25 Å². The van der Waals surface area contributed by atoms with Gasteiger partial charge in [-0.25, -0.2) is 0 Å². The maximum Gasteiger partial charge on any atom is 0.694 e. The summed E-state index contributed by atoms with van der Waals surface area (Å²) in [7, 11) is 0.797. The second-order valence-electron chi connectivity index (χ2n) is 9.11. The van der Waals surface area contributed by atoms with Crippen LogP contribution in [0.1, 0.15) is 16.7 Å². The number of hydrogen-bond acceptors (Lipinski definition) is 7. The normalized spacial score (nSPS) is 15.3. The van der Waals surface area contributed by atoms with Gasteiger partial charge in [0.2, 0.25) is 0 Å². The van der Waals surface area contributed by atoms with E-state index in [4.69, 9.17) is 23.6 Å². The van der Waals surface area contributed by atoms with Gasteiger partial charge in [-0.1, -0.05) is 54.6 Å². The Bertz CT molecular complexity index is 1090. The predicted octanol–water partition coefficient (Wildman–Crippen LogP) is 4.30. The summed E-state index contributed by atoms with van der Waals surface area (Å²) >= 11 is 0. The maximum atomic E-state index is 10.7. The molecule has 0 bridgehead atoms. The molecule has 4 rings (SSSR count). The van der Waals surface area contributed by atoms with E-state index in [0.29, 0.717) is 13.2 Å². The van der Waals surface area contributed by atoms with Gasteiger partial charge in [0.15, 0.2) is 0 Å². The number of nitrogens with zero attached hydrogens (tertiary/aromatic N) is 2. The Hall–Kier alpha value is -2.84. The third-order valence-electron chi connectivity index (χ3n) is 6.97. The van der Waals surface area contributed by atoms with Crippen LogP contribution in [0.25, 0.3) is 0 Å². The topological polar surface area (TPSA) is 80.7 Å². The van der Waals surface area contributed by atoms with Crippen molar-refractivity contribution in [3.8, 4) is 11.5 Å². The SMILES string of the molecule is COc1ccc(C(OCCN2CCN(CCO[P+](=O)O)CC2)(c2ccccc2)c2ccc(OC)cc2)cc1. The predicted molar refractivity (Wildman–Crippen MR) is 147 cm³/mol. The lowest BCUT2D eigenvalue weighted by molar-refractivity contribution is -0.00545. The van der Waals surface area contributed by atoms with E-state index in [9.17, 15) is 4.57 Å². The molecule has 1 saturated heterocycles. The Morgan fingerprint density at radius 1 is 0.711 bits per heavy atom. The van der Waals surface area contributed by atoms with E-state index >= 15 is 0 Å². The van der Waals surface area contributed by atoms with Crippen LogP contribution in [0.3, 0.4) is 0 Å². The van der Waals surface area contributed by atoms with Crippen LogP contribution in [-0.4, -0.2) is 81.4 Å². The molecule has 0 aliphatic carbocycles. The molecule has 0 amide bonds. The van der Waals surface area contributed by atoms with Crippen LogP contribution in [0.15, 0.2) is 78.9 Å². The molecular formula is C29H36N2O6P+. The molecule has 202 valence electrons. The summed E-state index contributed by atoms with van der Waals surface area (Å²) in [5, 5.41) is 0. The summed E-state index contributed by atoms with van der Waals surface area (Å²) in [5.74, 6) is 1.58. The minimum absolute atomic E-state index is 0.262. The van der Waals surface area contributed by atoms with Crippen LogP contribution in [0.2, 0.25) is 0 Å². The van der Waals surface area contributed by atoms with E-state index in [1.807, 2.05) is 42.5 Å². The van der Waals surface area contributed by atoms with Gasteiger partial charge in [-0.2, -0.15) is 0 Å². The second-order valence-corrected chi connectivity index (χ2v) is 9.84. The van der Waals surface area contributed by atoms with Gasteiger partial charge in [-0.15, -0.1) is 9.42 Å². The second kappa shape index (κ2) is 13.8. The monoisotopic (exact) mass is 539 g/mol. The molecular weight excluding hydrogens is 503 g/mol. The Morgan fingerprint density at radius 3 is 1.61 bits per heavy atom. The molecule has 1 heterocycles. The molecule has 3 aromatic rings. The van der Waals surface area contributed by atoms with Gasteiger partial charge in [0.25, 0.3) is 0 Å². The molecule has 0 saturated carbocycles. The van der Waals surface area contributed by atoms with E-state index in [1.165, 1.54) is 0 Å². The van der Waals surface area contributed by atoms with Crippen molar-refractivity contribution in [3.63, 3.8) is 0 Å². The Balaban J connectivity index is 1.54. The molecule has 1 fully saturated rings. The molecule has 1 aliphatic heterocycles. The Kier molecular flexibility index (Phi) is 10.2. The van der Waals surface area contributed by atoms with Crippen molar-refractivity contribution < 1.29 is 28.2 Å². The molecule has 0 spiro atoms. The minimum Gasteiger partial charge on any atom is -0.497 e. The number of piperazine rings is 1. The summed E-state index contributed by atoms with van der Waals surface area (Å²) in [6, 6.07) is 26.4. The highest BCUT2D eigenvalue weighted by Gasteiger charge is 2.38. The third kappa shape index (κ3) is 6.97. The van der Waals surface area contributed by atoms with Crippen LogP contribution in [-0.2, 0) is 19.4 Å². The van der Waals surface area contributed by atoms with Gasteiger partial charge in [-0.05, 0) is 41.0 Å². The quantitative estimate of drug-likeness (QED) is 0.255. The average Bonchev–Trinajstić information content (AvgIpc) is 2.97. The lowest BCUT2D eigenvalue weighted by atomic mass is 9.80. The standard InChI is InChI=1S/C29H35N2O6P/c1-34-27-12-8-25(9-13-27)29(24-6-4-3-5-7-24,26-10-14-28(35-2)15-11-26)36-22-20-30-16-18-31(19-17-30)21-23-37-38(32)33/h3-15H,16-23H2,1-2H3/p+1. The first-order chi connectivity index (χ1) is 18.5. The van der Waals surface area contributed by atoms with Crippen molar-refractivity contribution in [1.82, 2.24) is 9.80 Å². The van der Waals surface area contributed by atoms with E-state index in [1.54, 1.807) is 14.2 Å². The fourth-order valence-corrected chi connectivity index (χ4v) is 5.12. The molecule has 1 atom stereocenters. The molecule has 0 radical (unpaired) electrons.